The summed E-state index contributed by atoms with van der Waals surface area (Å²) in [6.45, 7) is 1.98. The minimum atomic E-state index is -0.466. The van der Waals surface area contributed by atoms with Crippen LogP contribution in [0.4, 0.5) is 0 Å². The maximum Gasteiger partial charge on any atom is 0.361 e. The Balaban J connectivity index is 1.83. The Hall–Kier alpha value is -2.69. The van der Waals surface area contributed by atoms with Crippen molar-refractivity contribution in [2.75, 3.05) is 0 Å². The summed E-state index contributed by atoms with van der Waals surface area (Å²) in [7, 11) is 0. The quantitative estimate of drug-likeness (QED) is 0.622. The highest BCUT2D eigenvalue weighted by Crippen LogP contribution is 2.26. The molecule has 0 radical (unpaired) electrons. The summed E-state index contributed by atoms with van der Waals surface area (Å²) in [5.74, 6) is 0.0351. The number of nitrogens with zero attached hydrogens (tertiary/aromatic N) is 2. The maximum absolute atomic E-state index is 12.6. The highest BCUT2D eigenvalue weighted by Gasteiger charge is 2.22. The van der Waals surface area contributed by atoms with Crippen LogP contribution in [0.3, 0.4) is 0 Å². The number of benzene rings is 1. The molecule has 0 fully saturated rings. The summed E-state index contributed by atoms with van der Waals surface area (Å²) in [5, 5.41) is 4.28. The number of carbonyl (C=O) groups is 2. The van der Waals surface area contributed by atoms with E-state index < -0.39 is 5.97 Å². The fourth-order valence-corrected chi connectivity index (χ4v) is 2.96. The Kier molecular flexibility index (Phi) is 4.89. The van der Waals surface area contributed by atoms with Gasteiger partial charge in [0, 0.05) is 18.2 Å². The van der Waals surface area contributed by atoms with Crippen LogP contribution in [-0.4, -0.2) is 22.0 Å². The van der Waals surface area contributed by atoms with Crippen LogP contribution >= 0.6 is 0 Å². The second-order valence-electron chi connectivity index (χ2n) is 5.91. The minimum Gasteiger partial charge on any atom is -0.426 e. The molecular weight excluding hydrogens is 304 g/mol. The number of esters is 1. The highest BCUT2D eigenvalue weighted by atomic mass is 16.5. The molecule has 0 saturated heterocycles. The molecule has 0 N–H and O–H groups in total. The lowest BCUT2D eigenvalue weighted by Gasteiger charge is -2.18. The first kappa shape index (κ1) is 16.2. The molecular formula is C19H20N2O3. The average molecular weight is 324 g/mol. The van der Waals surface area contributed by atoms with Crippen LogP contribution in [0.25, 0.3) is 0 Å². The molecule has 124 valence electrons. The third-order valence-corrected chi connectivity index (χ3v) is 4.34. The smallest absolute Gasteiger partial charge is 0.361 e. The van der Waals surface area contributed by atoms with E-state index in [1.54, 1.807) is 16.9 Å². The number of allylic oxidation sites excluding steroid dienone is 2. The van der Waals surface area contributed by atoms with Crippen LogP contribution in [0.5, 0.6) is 0 Å². The van der Waals surface area contributed by atoms with Gasteiger partial charge in [-0.15, -0.1) is 0 Å². The first-order valence-corrected chi connectivity index (χ1v) is 8.18. The van der Waals surface area contributed by atoms with Crippen molar-refractivity contribution in [3.63, 3.8) is 0 Å². The van der Waals surface area contributed by atoms with Gasteiger partial charge in [-0.1, -0.05) is 30.3 Å². The van der Waals surface area contributed by atoms with Crippen LogP contribution in [0.2, 0.25) is 0 Å². The first-order valence-electron chi connectivity index (χ1n) is 8.18. The molecule has 0 amide bonds. The molecule has 1 aliphatic carbocycles. The molecule has 5 heteroatoms. The number of hydrogen-bond acceptors (Lipinski definition) is 4. The van der Waals surface area contributed by atoms with Crippen molar-refractivity contribution < 1.29 is 14.3 Å². The maximum atomic E-state index is 12.6. The van der Waals surface area contributed by atoms with E-state index in [-0.39, 0.29) is 6.04 Å². The van der Waals surface area contributed by atoms with Gasteiger partial charge in [0.15, 0.2) is 0 Å². The Morgan fingerprint density at radius 2 is 1.96 bits per heavy atom. The van der Waals surface area contributed by atoms with Gasteiger partial charge in [-0.2, -0.15) is 5.10 Å². The Morgan fingerprint density at radius 3 is 2.71 bits per heavy atom. The van der Waals surface area contributed by atoms with Crippen LogP contribution in [0, 0.1) is 0 Å². The summed E-state index contributed by atoms with van der Waals surface area (Å²) in [6.07, 6.45) is 5.57. The lowest BCUT2D eigenvalue weighted by atomic mass is 9.99. The fraction of sp³-hybridized carbons (Fsp3) is 0.316. The Labute approximate surface area is 140 Å². The van der Waals surface area contributed by atoms with Crippen molar-refractivity contribution in [2.24, 2.45) is 0 Å². The molecule has 0 aliphatic heterocycles. The molecule has 0 saturated carbocycles. The molecule has 0 bridgehead atoms. The van der Waals surface area contributed by atoms with E-state index in [0.717, 1.165) is 24.7 Å². The third-order valence-electron chi connectivity index (χ3n) is 4.34. The fourth-order valence-electron chi connectivity index (χ4n) is 2.96. The first-order chi connectivity index (χ1) is 11.7. The predicted molar refractivity (Wildman–Crippen MR) is 89.5 cm³/mol. The molecule has 1 aromatic carbocycles. The van der Waals surface area contributed by atoms with Gasteiger partial charge >= 0.3 is 5.97 Å². The van der Waals surface area contributed by atoms with Gasteiger partial charge < -0.3 is 4.74 Å². The van der Waals surface area contributed by atoms with E-state index in [4.69, 9.17) is 4.74 Å². The van der Waals surface area contributed by atoms with E-state index in [0.29, 0.717) is 29.9 Å². The van der Waals surface area contributed by atoms with Crippen molar-refractivity contribution in [1.29, 1.82) is 0 Å². The SMILES string of the molecule is C[C@H](c1ccccc1)n1nccc1C(=O)OC1=C(C=O)CCCC1. The number of rotatable bonds is 5. The van der Waals surface area contributed by atoms with Gasteiger partial charge in [0.2, 0.25) is 0 Å². The van der Waals surface area contributed by atoms with E-state index in [2.05, 4.69) is 5.10 Å². The average Bonchev–Trinajstić information content (AvgIpc) is 3.12. The van der Waals surface area contributed by atoms with E-state index in [1.807, 2.05) is 37.3 Å². The molecule has 0 spiro atoms. The highest BCUT2D eigenvalue weighted by molar-refractivity contribution is 5.89. The summed E-state index contributed by atoms with van der Waals surface area (Å²) in [5.41, 5.74) is 2.03. The standard InChI is InChI=1S/C19H20N2O3/c1-14(15-7-3-2-4-8-15)21-17(11-12-20-21)19(23)24-18-10-6-5-9-16(18)13-22/h2-4,7-8,11-14H,5-6,9-10H2,1H3/t14-/m1/s1. The number of hydrogen-bond donors (Lipinski definition) is 0. The molecule has 1 aliphatic rings. The van der Waals surface area contributed by atoms with E-state index in [1.165, 1.54) is 0 Å². The lowest BCUT2D eigenvalue weighted by molar-refractivity contribution is -0.105. The summed E-state index contributed by atoms with van der Waals surface area (Å²) < 4.78 is 7.17. The molecule has 2 aromatic rings. The number of aldehydes is 1. The zero-order chi connectivity index (χ0) is 16.9. The van der Waals surface area contributed by atoms with Crippen molar-refractivity contribution in [3.8, 4) is 0 Å². The van der Waals surface area contributed by atoms with Gasteiger partial charge in [-0.05, 0) is 37.8 Å². The molecule has 0 unspecified atom stereocenters. The second-order valence-corrected chi connectivity index (χ2v) is 5.91. The van der Waals surface area contributed by atoms with E-state index in [9.17, 15) is 9.59 Å². The zero-order valence-electron chi connectivity index (χ0n) is 13.6. The largest absolute Gasteiger partial charge is 0.426 e. The molecule has 24 heavy (non-hydrogen) atoms. The number of ether oxygens (including phenoxy) is 1. The van der Waals surface area contributed by atoms with Gasteiger partial charge in [0.1, 0.15) is 17.7 Å². The van der Waals surface area contributed by atoms with Gasteiger partial charge in [-0.25, -0.2) is 4.79 Å². The van der Waals surface area contributed by atoms with Gasteiger partial charge in [-0.3, -0.25) is 9.48 Å². The van der Waals surface area contributed by atoms with Crippen LogP contribution in [0.15, 0.2) is 53.9 Å². The molecule has 3 rings (SSSR count). The summed E-state index contributed by atoms with van der Waals surface area (Å²) >= 11 is 0. The van der Waals surface area contributed by atoms with Gasteiger partial charge in [0.25, 0.3) is 0 Å². The molecule has 5 nitrogen and oxygen atoms in total. The third kappa shape index (κ3) is 3.30. The van der Waals surface area contributed by atoms with Crippen molar-refractivity contribution in [2.45, 2.75) is 38.6 Å². The predicted octanol–water partition coefficient (Wildman–Crippen LogP) is 3.68. The number of aromatic nitrogens is 2. The number of carbonyl (C=O) groups excluding carboxylic acids is 2. The van der Waals surface area contributed by atoms with Crippen LogP contribution < -0.4 is 0 Å². The molecule has 1 aromatic heterocycles. The monoisotopic (exact) mass is 324 g/mol. The lowest BCUT2D eigenvalue weighted by Crippen LogP contribution is -2.18. The summed E-state index contributed by atoms with van der Waals surface area (Å²) in [4.78, 5) is 23.7. The Morgan fingerprint density at radius 1 is 1.21 bits per heavy atom. The van der Waals surface area contributed by atoms with Gasteiger partial charge in [0.05, 0.1) is 6.04 Å². The van der Waals surface area contributed by atoms with Crippen molar-refractivity contribution >= 4 is 12.3 Å². The van der Waals surface area contributed by atoms with Crippen molar-refractivity contribution in [1.82, 2.24) is 9.78 Å². The van der Waals surface area contributed by atoms with E-state index >= 15 is 0 Å². The topological polar surface area (TPSA) is 61.2 Å². The normalized spacial score (nSPS) is 15.9. The van der Waals surface area contributed by atoms with Crippen LogP contribution in [0.1, 0.15) is 54.7 Å². The molecule has 1 heterocycles. The minimum absolute atomic E-state index is 0.0883. The summed E-state index contributed by atoms with van der Waals surface area (Å²) in [6, 6.07) is 11.4. The molecule has 1 atom stereocenters. The van der Waals surface area contributed by atoms with Crippen LogP contribution in [-0.2, 0) is 9.53 Å². The zero-order valence-corrected chi connectivity index (χ0v) is 13.6. The second kappa shape index (κ2) is 7.25. The van der Waals surface area contributed by atoms with Crippen molar-refractivity contribution in [3.05, 3.63) is 65.2 Å². The Bertz CT molecular complexity index is 762.